The number of aliphatic hydroxyl groups is 1. The maximum Gasteiger partial charge on any atom is 0.308 e. The summed E-state index contributed by atoms with van der Waals surface area (Å²) in [6.45, 7) is 17.3. The number of hydrogen-bond acceptors (Lipinski definition) is 13. The fourth-order valence-corrected chi connectivity index (χ4v) is 11.8. The van der Waals surface area contributed by atoms with Crippen molar-refractivity contribution in [3.63, 3.8) is 0 Å². The second kappa shape index (κ2) is 14.6. The number of esters is 1. The zero-order valence-corrected chi connectivity index (χ0v) is 33.4. The van der Waals surface area contributed by atoms with E-state index in [-0.39, 0.29) is 85.5 Å². The van der Waals surface area contributed by atoms with E-state index in [1.807, 2.05) is 20.8 Å². The highest BCUT2D eigenvalue weighted by atomic mass is 16.8. The van der Waals surface area contributed by atoms with Crippen molar-refractivity contribution in [2.75, 3.05) is 6.61 Å². The molecular weight excluding hydrogens is 724 g/mol. The van der Waals surface area contributed by atoms with E-state index in [2.05, 4.69) is 20.1 Å². The zero-order chi connectivity index (χ0) is 38.7. The topological polar surface area (TPSA) is 139 Å². The van der Waals surface area contributed by atoms with E-state index < -0.39 is 54.1 Å². The van der Waals surface area contributed by atoms with Gasteiger partial charge in [-0.15, -0.1) is 0 Å². The monoisotopic (exact) mass is 786 g/mol. The highest BCUT2D eigenvalue weighted by Crippen LogP contribution is 2.54. The van der Waals surface area contributed by atoms with Crippen molar-refractivity contribution < 1.29 is 62.0 Å². The van der Waals surface area contributed by atoms with Crippen LogP contribution in [0.25, 0.3) is 0 Å². The first-order valence-corrected chi connectivity index (χ1v) is 21.6. The molecule has 12 bridgehead atoms. The second-order valence-corrected chi connectivity index (χ2v) is 19.2. The number of carbonyl (C=O) groups is 1. The van der Waals surface area contributed by atoms with E-state index in [9.17, 15) is 9.90 Å². The number of ether oxygens (including phenoxy) is 11. The largest absolute Gasteiger partial charge is 0.459 e. The number of aliphatic hydroxyl groups excluding tert-OH is 1. The van der Waals surface area contributed by atoms with Gasteiger partial charge in [0.15, 0.2) is 11.6 Å². The highest BCUT2D eigenvalue weighted by molar-refractivity contribution is 5.70. The molecule has 0 aliphatic carbocycles. The predicted octanol–water partition coefficient (Wildman–Crippen LogP) is 4.59. The van der Waals surface area contributed by atoms with Gasteiger partial charge in [0.2, 0.25) is 0 Å². The molecule has 312 valence electrons. The molecule has 0 aromatic rings. The molecule has 11 rings (SSSR count). The summed E-state index contributed by atoms with van der Waals surface area (Å²) in [5.74, 6) is -2.07. The van der Waals surface area contributed by atoms with Gasteiger partial charge < -0.3 is 57.2 Å². The molecule has 13 nitrogen and oxygen atoms in total. The van der Waals surface area contributed by atoms with Crippen LogP contribution in [0.1, 0.15) is 105 Å². The molecule has 1 N–H and O–H groups in total. The standard InChI is InChI=1S/C43H62O13/c1-20-13-24-7-9-28-21(2)14-26(47-28)11-12-43-18-33-38(55-43)39-40(52-33)41(56-43)37-29(51-39)10-8-25(49-37)16-34(44)53-36-23(4)35(45)31(15-27-19-46-42(5,6)54-27)50-32(36)17-30(48-24)22(20)3/h20,23-33,35-41,45H,2-3,7-19H2,1,4-6H3/t20-,23+,24-,25-,26-,27+,28-,29+,30-,31-,32+,33-,35+,36-,37+,38+,39+,40-,41+,43-/m1/s1. The first-order chi connectivity index (χ1) is 26.8. The third-order valence-electron chi connectivity index (χ3n) is 14.8. The SMILES string of the molecule is C=C1C[C@H]2CC[C@]34C[C@H]5O[C@H]6[C@@H](O3)[C@H]3O[C@H](CC[C@@H]3O[C@H]6[C@H]5O4)CC(=O)O[C@@H]3[C@@H](C)[C@H](O)[C@@H](C[C@H]4COC(C)(C)O4)O[C@H]3C[C@H]3O[C@H](CC[C@H]1O2)C[C@@H](C)C3=C. The van der Waals surface area contributed by atoms with Crippen LogP contribution in [0.3, 0.4) is 0 Å². The van der Waals surface area contributed by atoms with E-state index >= 15 is 0 Å². The van der Waals surface area contributed by atoms with Crippen molar-refractivity contribution in [2.24, 2.45) is 11.8 Å². The van der Waals surface area contributed by atoms with E-state index in [4.69, 9.17) is 52.1 Å². The lowest BCUT2D eigenvalue weighted by Gasteiger charge is -2.47. The minimum Gasteiger partial charge on any atom is -0.459 e. The molecule has 0 amide bonds. The third-order valence-corrected chi connectivity index (χ3v) is 14.8. The Hall–Kier alpha value is -1.49. The van der Waals surface area contributed by atoms with Gasteiger partial charge >= 0.3 is 5.97 Å². The summed E-state index contributed by atoms with van der Waals surface area (Å²) in [7, 11) is 0. The molecule has 13 heteroatoms. The number of carbonyl (C=O) groups excluding carboxylic acids is 1. The van der Waals surface area contributed by atoms with Gasteiger partial charge in [0.05, 0.1) is 80.2 Å². The van der Waals surface area contributed by atoms with Crippen molar-refractivity contribution >= 4 is 5.97 Å². The Morgan fingerprint density at radius 3 is 2.29 bits per heavy atom. The molecule has 1 spiro atoms. The average Bonchev–Trinajstić information content (AvgIpc) is 3.84. The minimum absolute atomic E-state index is 0.00105. The maximum atomic E-state index is 14.0. The molecule has 0 radical (unpaired) electrons. The summed E-state index contributed by atoms with van der Waals surface area (Å²) in [5, 5.41) is 11.7. The minimum atomic E-state index is -0.886. The molecule has 11 saturated heterocycles. The van der Waals surface area contributed by atoms with Gasteiger partial charge in [-0.1, -0.05) is 27.0 Å². The van der Waals surface area contributed by atoms with Gasteiger partial charge in [0.1, 0.15) is 36.6 Å². The summed E-state index contributed by atoms with van der Waals surface area (Å²) >= 11 is 0. The van der Waals surface area contributed by atoms with Gasteiger partial charge in [-0.3, -0.25) is 4.79 Å². The quantitative estimate of drug-likeness (QED) is 0.309. The van der Waals surface area contributed by atoms with Crippen LogP contribution in [0, 0.1) is 11.8 Å². The number of fused-ring (bicyclic) bond motifs is 6. The smallest absolute Gasteiger partial charge is 0.308 e. The Labute approximate surface area is 330 Å². The van der Waals surface area contributed by atoms with Crippen LogP contribution in [0.5, 0.6) is 0 Å². The molecule has 11 aliphatic heterocycles. The van der Waals surface area contributed by atoms with Crippen LogP contribution in [0.4, 0.5) is 0 Å². The lowest BCUT2D eigenvalue weighted by atomic mass is 9.80. The molecule has 11 fully saturated rings. The molecule has 11 aliphatic rings. The van der Waals surface area contributed by atoms with E-state index in [1.54, 1.807) is 0 Å². The first kappa shape index (κ1) is 38.7. The zero-order valence-electron chi connectivity index (χ0n) is 33.4. The van der Waals surface area contributed by atoms with Crippen LogP contribution in [0.2, 0.25) is 0 Å². The van der Waals surface area contributed by atoms with Gasteiger partial charge in [-0.25, -0.2) is 0 Å². The van der Waals surface area contributed by atoms with Crippen molar-refractivity contribution in [3.8, 4) is 0 Å². The van der Waals surface area contributed by atoms with Crippen LogP contribution < -0.4 is 0 Å². The van der Waals surface area contributed by atoms with Gasteiger partial charge in [-0.2, -0.15) is 0 Å². The molecule has 0 saturated carbocycles. The van der Waals surface area contributed by atoms with E-state index in [0.717, 1.165) is 49.7 Å². The van der Waals surface area contributed by atoms with Crippen molar-refractivity contribution in [1.29, 1.82) is 0 Å². The Bertz CT molecular complexity index is 1540. The van der Waals surface area contributed by atoms with Gasteiger partial charge in [0.25, 0.3) is 0 Å². The Kier molecular flexibility index (Phi) is 10.1. The Morgan fingerprint density at radius 1 is 0.714 bits per heavy atom. The second-order valence-electron chi connectivity index (χ2n) is 19.2. The Balaban J connectivity index is 0.922. The van der Waals surface area contributed by atoms with Crippen LogP contribution in [-0.2, 0) is 56.9 Å². The molecule has 0 aromatic carbocycles. The van der Waals surface area contributed by atoms with Crippen LogP contribution in [-0.4, -0.2) is 133 Å². The van der Waals surface area contributed by atoms with E-state index in [1.165, 1.54) is 0 Å². The Morgan fingerprint density at radius 2 is 1.46 bits per heavy atom. The first-order valence-electron chi connectivity index (χ1n) is 21.6. The molecular formula is C43H62O13. The van der Waals surface area contributed by atoms with Crippen molar-refractivity contribution in [1.82, 2.24) is 0 Å². The lowest BCUT2D eigenvalue weighted by molar-refractivity contribution is -0.293. The van der Waals surface area contributed by atoms with Crippen molar-refractivity contribution in [2.45, 2.75) is 220 Å². The summed E-state index contributed by atoms with van der Waals surface area (Å²) in [6, 6.07) is 0. The molecule has 56 heavy (non-hydrogen) atoms. The fourth-order valence-electron chi connectivity index (χ4n) is 11.8. The summed E-state index contributed by atoms with van der Waals surface area (Å²) in [4.78, 5) is 14.0. The summed E-state index contributed by atoms with van der Waals surface area (Å²) in [6.07, 6.45) is 2.42. The summed E-state index contributed by atoms with van der Waals surface area (Å²) in [5.41, 5.74) is 2.14. The third kappa shape index (κ3) is 7.06. The number of hydrogen-bond donors (Lipinski definition) is 1. The van der Waals surface area contributed by atoms with Crippen LogP contribution >= 0.6 is 0 Å². The van der Waals surface area contributed by atoms with Gasteiger partial charge in [0, 0.05) is 31.6 Å². The van der Waals surface area contributed by atoms with Gasteiger partial charge in [-0.05, 0) is 75.9 Å². The molecule has 0 aromatic heterocycles. The normalized spacial score (nSPS) is 54.0. The summed E-state index contributed by atoms with van der Waals surface area (Å²) < 4.78 is 72.4. The number of rotatable bonds is 2. The fraction of sp³-hybridized carbons (Fsp3) is 0.884. The molecule has 0 unspecified atom stereocenters. The van der Waals surface area contributed by atoms with Crippen LogP contribution in [0.15, 0.2) is 24.3 Å². The maximum absolute atomic E-state index is 14.0. The predicted molar refractivity (Wildman–Crippen MR) is 197 cm³/mol. The molecule has 11 heterocycles. The van der Waals surface area contributed by atoms with E-state index in [0.29, 0.717) is 38.7 Å². The lowest BCUT2D eigenvalue weighted by Crippen LogP contribution is -2.61. The average molecular weight is 787 g/mol. The van der Waals surface area contributed by atoms with Crippen molar-refractivity contribution in [3.05, 3.63) is 24.3 Å². The molecule has 20 atom stereocenters. The highest BCUT2D eigenvalue weighted by Gasteiger charge is 2.69.